The highest BCUT2D eigenvalue weighted by Crippen LogP contribution is 2.36. The van der Waals surface area contributed by atoms with Gasteiger partial charge in [0.1, 0.15) is 0 Å². The number of halogens is 1. The van der Waals surface area contributed by atoms with Gasteiger partial charge in [0, 0.05) is 10.6 Å². The molecule has 0 radical (unpaired) electrons. The Hall–Kier alpha value is -1.75. The van der Waals surface area contributed by atoms with E-state index >= 15 is 0 Å². The van der Waals surface area contributed by atoms with Crippen molar-refractivity contribution in [3.8, 4) is 0 Å². The number of pyridine rings is 1. The van der Waals surface area contributed by atoms with Gasteiger partial charge >= 0.3 is 0 Å². The lowest BCUT2D eigenvalue weighted by molar-refractivity contribution is -0.520. The minimum atomic E-state index is -1.54. The van der Waals surface area contributed by atoms with E-state index < -0.39 is 27.7 Å². The van der Waals surface area contributed by atoms with Gasteiger partial charge in [0.25, 0.3) is 11.7 Å². The second-order valence-corrected chi connectivity index (χ2v) is 3.91. The van der Waals surface area contributed by atoms with E-state index in [2.05, 4.69) is 16.9 Å². The third kappa shape index (κ3) is 3.88. The molecule has 2 unspecified atom stereocenters. The highest BCUT2D eigenvalue weighted by atomic mass is 35.5. The molecule has 2 rings (SSSR count). The van der Waals surface area contributed by atoms with Crippen LogP contribution in [-0.2, 0) is 0 Å². The summed E-state index contributed by atoms with van der Waals surface area (Å²) in [7, 11) is 0. The Labute approximate surface area is 130 Å². The van der Waals surface area contributed by atoms with Gasteiger partial charge < -0.3 is 5.11 Å². The Kier molecular flexibility index (Phi) is 7.22. The van der Waals surface area contributed by atoms with E-state index in [0.29, 0.717) is 5.69 Å². The Morgan fingerprint density at radius 1 is 1.29 bits per heavy atom. The Morgan fingerprint density at radius 2 is 1.86 bits per heavy atom. The summed E-state index contributed by atoms with van der Waals surface area (Å²) in [4.78, 5) is 24.1. The van der Waals surface area contributed by atoms with E-state index in [-0.39, 0.29) is 24.8 Å². The molecular weight excluding hydrogens is 326 g/mol. The standard InChI is InChI=1S/C10H9N3O5.ClHO.H2S/c1-5-2-3-6-7(12(15)16)4-8(13(17)18)10(14)9(6)11-5;1-2;/h2-4,7,10,14H,1H3;2H;1H2. The smallest absolute Gasteiger partial charge is 0.283 e. The van der Waals surface area contributed by atoms with Gasteiger partial charge in [0.2, 0.25) is 0 Å². The van der Waals surface area contributed by atoms with E-state index in [9.17, 15) is 25.3 Å². The summed E-state index contributed by atoms with van der Waals surface area (Å²) in [6, 6.07) is 1.67. The first-order valence-corrected chi connectivity index (χ1v) is 5.57. The van der Waals surface area contributed by atoms with E-state index in [1.54, 1.807) is 13.0 Å². The van der Waals surface area contributed by atoms with Crippen LogP contribution < -0.4 is 0 Å². The number of fused-ring (bicyclic) bond motifs is 1. The maximum Gasteiger partial charge on any atom is 0.283 e. The Bertz CT molecular complexity index is 582. The second kappa shape index (κ2) is 7.88. The van der Waals surface area contributed by atoms with Crippen molar-refractivity contribution >= 4 is 25.4 Å². The van der Waals surface area contributed by atoms with Crippen LogP contribution in [0.1, 0.15) is 29.1 Å². The summed E-state index contributed by atoms with van der Waals surface area (Å²) >= 11 is 3.64. The lowest BCUT2D eigenvalue weighted by atomic mass is 9.93. The number of nitro groups is 2. The lowest BCUT2D eigenvalue weighted by Gasteiger charge is -2.19. The van der Waals surface area contributed by atoms with Gasteiger partial charge in [0.15, 0.2) is 6.10 Å². The largest absolute Gasteiger partial charge is 0.376 e. The summed E-state index contributed by atoms with van der Waals surface area (Å²) in [5.41, 5.74) is 0.0800. The van der Waals surface area contributed by atoms with E-state index in [1.807, 2.05) is 0 Å². The van der Waals surface area contributed by atoms with Crippen LogP contribution in [0.5, 0.6) is 0 Å². The highest BCUT2D eigenvalue weighted by molar-refractivity contribution is 7.59. The summed E-state index contributed by atoms with van der Waals surface area (Å²) in [5.74, 6) is 0. The van der Waals surface area contributed by atoms with Crippen molar-refractivity contribution in [2.45, 2.75) is 19.1 Å². The van der Waals surface area contributed by atoms with Gasteiger partial charge in [-0.1, -0.05) is 0 Å². The molecule has 1 heterocycles. The van der Waals surface area contributed by atoms with Gasteiger partial charge in [-0.05, 0) is 19.1 Å². The molecule has 0 saturated heterocycles. The number of aryl methyl sites for hydroxylation is 1. The molecule has 1 aliphatic carbocycles. The predicted molar refractivity (Wildman–Crippen MR) is 77.2 cm³/mol. The van der Waals surface area contributed by atoms with E-state index in [1.165, 1.54) is 6.07 Å². The summed E-state index contributed by atoms with van der Waals surface area (Å²) in [5, 5.41) is 31.5. The molecule has 11 heteroatoms. The van der Waals surface area contributed by atoms with Crippen molar-refractivity contribution in [2.24, 2.45) is 0 Å². The molecule has 0 fully saturated rings. The Morgan fingerprint density at radius 3 is 2.33 bits per heavy atom. The molecule has 1 aromatic rings. The van der Waals surface area contributed by atoms with Crippen LogP contribution >= 0.6 is 25.4 Å². The fourth-order valence-corrected chi connectivity index (χ4v) is 1.87. The quantitative estimate of drug-likeness (QED) is 0.609. The van der Waals surface area contributed by atoms with Crippen molar-refractivity contribution < 1.29 is 19.6 Å². The zero-order chi connectivity index (χ0) is 15.4. The van der Waals surface area contributed by atoms with Crippen molar-refractivity contribution in [1.29, 1.82) is 0 Å². The number of aliphatic hydroxyl groups is 1. The van der Waals surface area contributed by atoms with Crippen LogP contribution in [0.15, 0.2) is 23.9 Å². The Balaban J connectivity index is 0.00000128. The van der Waals surface area contributed by atoms with Crippen LogP contribution in [0.4, 0.5) is 0 Å². The molecule has 1 aliphatic rings. The molecule has 9 nitrogen and oxygen atoms in total. The van der Waals surface area contributed by atoms with Crippen LogP contribution in [0, 0.1) is 27.2 Å². The normalized spacial score (nSPS) is 19.1. The molecule has 0 spiro atoms. The molecule has 0 bridgehead atoms. The molecule has 0 saturated carbocycles. The monoisotopic (exact) mass is 337 g/mol. The van der Waals surface area contributed by atoms with Crippen molar-refractivity contribution in [3.05, 3.63) is 61.1 Å². The number of rotatable bonds is 2. The first-order chi connectivity index (χ1) is 9.41. The molecule has 0 aromatic carbocycles. The molecule has 21 heavy (non-hydrogen) atoms. The van der Waals surface area contributed by atoms with Crippen LogP contribution in [0.2, 0.25) is 0 Å². The first-order valence-electron chi connectivity index (χ1n) is 5.24. The first kappa shape index (κ1) is 19.2. The molecular formula is C10H12ClN3O6S. The maximum atomic E-state index is 10.9. The summed E-state index contributed by atoms with van der Waals surface area (Å²) < 4.78 is 6.47. The average Bonchev–Trinajstić information content (AvgIpc) is 2.41. The molecule has 2 N–H and O–H groups in total. The minimum Gasteiger partial charge on any atom is -0.376 e. The van der Waals surface area contributed by atoms with Gasteiger partial charge in [-0.25, -0.2) is 0 Å². The summed E-state index contributed by atoms with van der Waals surface area (Å²) in [6.07, 6.45) is -0.685. The highest BCUT2D eigenvalue weighted by Gasteiger charge is 2.40. The molecule has 116 valence electrons. The van der Waals surface area contributed by atoms with Gasteiger partial charge in [-0.3, -0.25) is 29.9 Å². The fourth-order valence-electron chi connectivity index (χ4n) is 1.87. The number of hydrogen-bond donors (Lipinski definition) is 2. The molecule has 1 aromatic heterocycles. The van der Waals surface area contributed by atoms with Gasteiger partial charge in [-0.15, -0.1) is 0 Å². The fraction of sp³-hybridized carbons (Fsp3) is 0.300. The van der Waals surface area contributed by atoms with Crippen LogP contribution in [-0.4, -0.2) is 24.6 Å². The average molecular weight is 338 g/mol. The summed E-state index contributed by atoms with van der Waals surface area (Å²) in [6.45, 7) is 1.64. The lowest BCUT2D eigenvalue weighted by Crippen LogP contribution is -2.24. The third-order valence-electron chi connectivity index (χ3n) is 2.72. The number of aromatic nitrogens is 1. The number of aliphatic hydroxyl groups excluding tert-OH is 1. The number of hydrogen-bond acceptors (Lipinski definition) is 7. The van der Waals surface area contributed by atoms with E-state index in [4.69, 9.17) is 4.66 Å². The predicted octanol–water partition coefficient (Wildman–Crippen LogP) is 1.16. The minimum absolute atomic E-state index is 0. The topological polar surface area (TPSA) is 140 Å². The maximum absolute atomic E-state index is 10.9. The van der Waals surface area contributed by atoms with Crippen LogP contribution in [0.25, 0.3) is 0 Å². The van der Waals surface area contributed by atoms with Gasteiger partial charge in [-0.2, -0.15) is 13.5 Å². The SMILES string of the molecule is Cc1ccc2c(n1)C(O)C([N+](=O)[O-])=CC2[N+](=O)[O-].OCl.S. The zero-order valence-corrected chi connectivity index (χ0v) is 12.4. The van der Waals surface area contributed by atoms with Crippen molar-refractivity contribution in [1.82, 2.24) is 4.98 Å². The van der Waals surface area contributed by atoms with Gasteiger partial charge in [0.05, 0.1) is 34.1 Å². The molecule has 2 atom stereocenters. The molecule has 0 aliphatic heterocycles. The van der Waals surface area contributed by atoms with Crippen LogP contribution in [0.3, 0.4) is 0 Å². The number of nitrogens with zero attached hydrogens (tertiary/aromatic N) is 3. The molecule has 0 amide bonds. The van der Waals surface area contributed by atoms with Crippen molar-refractivity contribution in [2.75, 3.05) is 0 Å². The zero-order valence-electron chi connectivity index (χ0n) is 10.6. The second-order valence-electron chi connectivity index (χ2n) is 3.91. The van der Waals surface area contributed by atoms with E-state index in [0.717, 1.165) is 6.08 Å². The van der Waals surface area contributed by atoms with Crippen molar-refractivity contribution in [3.63, 3.8) is 0 Å². The third-order valence-corrected chi connectivity index (χ3v) is 2.72.